The summed E-state index contributed by atoms with van der Waals surface area (Å²) in [4.78, 5) is 25.6. The van der Waals surface area contributed by atoms with Crippen molar-refractivity contribution in [3.8, 4) is 11.5 Å². The molecule has 1 saturated heterocycles. The molecule has 3 aromatic carbocycles. The number of anilines is 1. The largest absolute Gasteiger partial charge is 0.457 e. The molecule has 2 N–H and O–H groups in total. The molecule has 176 valence electrons. The van der Waals surface area contributed by atoms with Gasteiger partial charge in [-0.25, -0.2) is 0 Å². The molecule has 2 unspecified atom stereocenters. The lowest BCUT2D eigenvalue weighted by molar-refractivity contribution is -0.134. The summed E-state index contributed by atoms with van der Waals surface area (Å²) in [6.07, 6.45) is 0.948. The second kappa shape index (κ2) is 12.0. The summed E-state index contributed by atoms with van der Waals surface area (Å²) in [5.41, 5.74) is 1.57. The van der Waals surface area contributed by atoms with Gasteiger partial charge in [0.05, 0.1) is 13.2 Å². The van der Waals surface area contributed by atoms with Gasteiger partial charge in [0.1, 0.15) is 23.6 Å². The van der Waals surface area contributed by atoms with Gasteiger partial charge in [0.25, 0.3) is 0 Å². The first kappa shape index (κ1) is 23.5. The molecule has 0 radical (unpaired) electrons. The molecule has 7 nitrogen and oxygen atoms in total. The Kier molecular flexibility index (Phi) is 8.27. The van der Waals surface area contributed by atoms with Crippen molar-refractivity contribution >= 4 is 17.5 Å². The predicted octanol–water partition coefficient (Wildman–Crippen LogP) is 4.30. The molecule has 0 spiro atoms. The topological polar surface area (TPSA) is 85.9 Å². The predicted molar refractivity (Wildman–Crippen MR) is 129 cm³/mol. The van der Waals surface area contributed by atoms with Gasteiger partial charge in [-0.15, -0.1) is 0 Å². The van der Waals surface area contributed by atoms with Gasteiger partial charge in [-0.05, 0) is 54.8 Å². The Balaban J connectivity index is 1.36. The van der Waals surface area contributed by atoms with E-state index in [2.05, 4.69) is 10.6 Å². The molecule has 34 heavy (non-hydrogen) atoms. The Morgan fingerprint density at radius 2 is 1.59 bits per heavy atom. The maximum absolute atomic E-state index is 13.0. The molecule has 0 aliphatic carbocycles. The monoisotopic (exact) mass is 460 g/mol. The molecule has 7 heteroatoms. The number of carbonyl (C=O) groups is 2. The zero-order chi connectivity index (χ0) is 23.6. The minimum atomic E-state index is -0.861. The molecule has 1 aliphatic rings. The molecule has 2 atom stereocenters. The fraction of sp³-hybridized carbons (Fsp3) is 0.259. The fourth-order valence-electron chi connectivity index (χ4n) is 3.56. The van der Waals surface area contributed by atoms with Gasteiger partial charge < -0.3 is 24.8 Å². The Hall–Kier alpha value is -3.68. The van der Waals surface area contributed by atoms with Crippen LogP contribution < -0.4 is 15.4 Å². The number of hydrogen-bond acceptors (Lipinski definition) is 5. The zero-order valence-electron chi connectivity index (χ0n) is 18.8. The van der Waals surface area contributed by atoms with Gasteiger partial charge in [-0.3, -0.25) is 9.59 Å². The molecule has 1 heterocycles. The molecule has 0 bridgehead atoms. The number of hydrogen-bond donors (Lipinski definition) is 2. The van der Waals surface area contributed by atoms with Crippen molar-refractivity contribution in [3.63, 3.8) is 0 Å². The first-order valence-electron chi connectivity index (χ1n) is 11.3. The molecule has 1 fully saturated rings. The van der Waals surface area contributed by atoms with Crippen molar-refractivity contribution in [2.24, 2.45) is 0 Å². The van der Waals surface area contributed by atoms with Crippen molar-refractivity contribution in [2.45, 2.75) is 31.6 Å². The van der Waals surface area contributed by atoms with Crippen LogP contribution in [0, 0.1) is 0 Å². The first-order valence-corrected chi connectivity index (χ1v) is 11.3. The molecule has 0 saturated carbocycles. The van der Waals surface area contributed by atoms with Crippen molar-refractivity contribution in [1.82, 2.24) is 5.32 Å². The van der Waals surface area contributed by atoms with E-state index < -0.39 is 12.1 Å². The van der Waals surface area contributed by atoms with Crippen molar-refractivity contribution in [3.05, 3.63) is 90.5 Å². The third kappa shape index (κ3) is 6.91. The van der Waals surface area contributed by atoms with E-state index >= 15 is 0 Å². The van der Waals surface area contributed by atoms with Crippen molar-refractivity contribution < 1.29 is 23.8 Å². The third-order valence-electron chi connectivity index (χ3n) is 5.35. The SMILES string of the molecule is O=C(Nc1ccc(Oc2ccccc2)cc1)C(COCc1ccccc1)NC(=O)C1CCCO1. The second-order valence-electron chi connectivity index (χ2n) is 7.99. The Morgan fingerprint density at radius 3 is 2.26 bits per heavy atom. The van der Waals surface area contributed by atoms with E-state index in [0.29, 0.717) is 31.1 Å². The van der Waals surface area contributed by atoms with E-state index in [0.717, 1.165) is 17.7 Å². The van der Waals surface area contributed by atoms with Crippen LogP contribution in [0.2, 0.25) is 0 Å². The summed E-state index contributed by atoms with van der Waals surface area (Å²) in [6, 6.07) is 25.3. The van der Waals surface area contributed by atoms with Crippen LogP contribution in [0.5, 0.6) is 11.5 Å². The molecule has 2 amide bonds. The second-order valence-corrected chi connectivity index (χ2v) is 7.99. The number of amides is 2. The van der Waals surface area contributed by atoms with Crippen LogP contribution in [-0.2, 0) is 25.7 Å². The normalized spacial score (nSPS) is 15.9. The summed E-state index contributed by atoms with van der Waals surface area (Å²) >= 11 is 0. The van der Waals surface area contributed by atoms with Crippen LogP contribution in [0.4, 0.5) is 5.69 Å². The average molecular weight is 461 g/mol. The molecular weight excluding hydrogens is 432 g/mol. The van der Waals surface area contributed by atoms with Gasteiger partial charge in [-0.2, -0.15) is 0 Å². The van der Waals surface area contributed by atoms with E-state index in [1.165, 1.54) is 0 Å². The van der Waals surface area contributed by atoms with Gasteiger partial charge in [0.2, 0.25) is 11.8 Å². The van der Waals surface area contributed by atoms with Gasteiger partial charge in [0.15, 0.2) is 0 Å². The Bertz CT molecular complexity index is 1050. The van der Waals surface area contributed by atoms with E-state index in [9.17, 15) is 9.59 Å². The van der Waals surface area contributed by atoms with Gasteiger partial charge in [0, 0.05) is 12.3 Å². The van der Waals surface area contributed by atoms with Crippen LogP contribution >= 0.6 is 0 Å². The van der Waals surface area contributed by atoms with Crippen molar-refractivity contribution in [1.29, 1.82) is 0 Å². The lowest BCUT2D eigenvalue weighted by Gasteiger charge is -2.20. The summed E-state index contributed by atoms with van der Waals surface area (Å²) in [5.74, 6) is 0.717. The minimum absolute atomic E-state index is 0.0361. The van der Waals surface area contributed by atoms with Gasteiger partial charge in [-0.1, -0.05) is 48.5 Å². The summed E-state index contributed by atoms with van der Waals surface area (Å²) in [5, 5.41) is 5.63. The highest BCUT2D eigenvalue weighted by atomic mass is 16.5. The van der Waals surface area contributed by atoms with Crippen LogP contribution in [0.1, 0.15) is 18.4 Å². The summed E-state index contributed by atoms with van der Waals surface area (Å²) < 4.78 is 17.0. The summed E-state index contributed by atoms with van der Waals surface area (Å²) in [6.45, 7) is 0.928. The summed E-state index contributed by atoms with van der Waals surface area (Å²) in [7, 11) is 0. The Labute approximate surface area is 199 Å². The minimum Gasteiger partial charge on any atom is -0.457 e. The number of benzene rings is 3. The number of ether oxygens (including phenoxy) is 3. The number of nitrogens with one attached hydrogen (secondary N) is 2. The lowest BCUT2D eigenvalue weighted by Crippen LogP contribution is -2.49. The standard InChI is InChI=1S/C27H28N2O5/c30-26(28-21-13-15-23(16-14-21)34-22-10-5-2-6-11-22)24(29-27(31)25-12-7-17-33-25)19-32-18-20-8-3-1-4-9-20/h1-6,8-11,13-16,24-25H,7,12,17-19H2,(H,28,30)(H,29,31). The van der Waals surface area contributed by atoms with Crippen LogP contribution in [-0.4, -0.2) is 37.2 Å². The smallest absolute Gasteiger partial charge is 0.249 e. The molecule has 3 aromatic rings. The first-order chi connectivity index (χ1) is 16.7. The van der Waals surface area contributed by atoms with Crippen LogP contribution in [0.3, 0.4) is 0 Å². The zero-order valence-corrected chi connectivity index (χ0v) is 18.8. The van der Waals surface area contributed by atoms with E-state index in [1.54, 1.807) is 24.3 Å². The fourth-order valence-corrected chi connectivity index (χ4v) is 3.56. The van der Waals surface area contributed by atoms with Crippen LogP contribution in [0.25, 0.3) is 0 Å². The highest BCUT2D eigenvalue weighted by Gasteiger charge is 2.28. The highest BCUT2D eigenvalue weighted by molar-refractivity contribution is 5.97. The molecule has 1 aliphatic heterocycles. The van der Waals surface area contributed by atoms with Crippen LogP contribution in [0.15, 0.2) is 84.9 Å². The average Bonchev–Trinajstić information content (AvgIpc) is 3.41. The van der Waals surface area contributed by atoms with Gasteiger partial charge >= 0.3 is 0 Å². The number of carbonyl (C=O) groups excluding carboxylic acids is 2. The Morgan fingerprint density at radius 1 is 0.912 bits per heavy atom. The molecular formula is C27H28N2O5. The molecule has 0 aromatic heterocycles. The van der Waals surface area contributed by atoms with E-state index in [1.807, 2.05) is 60.7 Å². The number of para-hydroxylation sites is 1. The molecule has 4 rings (SSSR count). The van der Waals surface area contributed by atoms with Crippen molar-refractivity contribution in [2.75, 3.05) is 18.5 Å². The van der Waals surface area contributed by atoms with E-state index in [-0.39, 0.29) is 18.4 Å². The quantitative estimate of drug-likeness (QED) is 0.471. The highest BCUT2D eigenvalue weighted by Crippen LogP contribution is 2.22. The maximum Gasteiger partial charge on any atom is 0.249 e. The lowest BCUT2D eigenvalue weighted by atomic mass is 10.2. The number of rotatable bonds is 10. The maximum atomic E-state index is 13.0. The third-order valence-corrected chi connectivity index (χ3v) is 5.35. The van der Waals surface area contributed by atoms with E-state index in [4.69, 9.17) is 14.2 Å².